The van der Waals surface area contributed by atoms with Crippen LogP contribution < -0.4 is 5.32 Å². The molecule has 1 aromatic heterocycles. The number of carbonyl (C=O) groups excluding carboxylic acids is 1. The van der Waals surface area contributed by atoms with Crippen LogP contribution in [0.15, 0.2) is 0 Å². The fourth-order valence-electron chi connectivity index (χ4n) is 2.80. The molecule has 0 saturated heterocycles. The van der Waals surface area contributed by atoms with Gasteiger partial charge in [-0.1, -0.05) is 6.42 Å². The quantitative estimate of drug-likeness (QED) is 0.763. The molecule has 1 aliphatic carbocycles. The molecule has 1 aromatic rings. The average Bonchev–Trinajstić information content (AvgIpc) is 2.93. The Balaban J connectivity index is 1.96. The highest BCUT2D eigenvalue weighted by atomic mass is 16.4. The van der Waals surface area contributed by atoms with Gasteiger partial charge in [0.2, 0.25) is 0 Å². The largest absolute Gasteiger partial charge is 0.481 e. The van der Waals surface area contributed by atoms with Crippen molar-refractivity contribution >= 4 is 11.9 Å². The average molecular weight is 265 g/mol. The summed E-state index contributed by atoms with van der Waals surface area (Å²) in [5.41, 5.74) is 1.96. The highest BCUT2D eigenvalue weighted by molar-refractivity contribution is 5.96. The molecule has 0 aliphatic heterocycles. The van der Waals surface area contributed by atoms with E-state index in [0.717, 1.165) is 18.5 Å². The fourth-order valence-corrected chi connectivity index (χ4v) is 2.80. The molecule has 2 rings (SSSR count). The van der Waals surface area contributed by atoms with Crippen LogP contribution in [0.25, 0.3) is 0 Å². The molecule has 0 aromatic carbocycles. The Morgan fingerprint density at radius 2 is 2.16 bits per heavy atom. The normalized spacial score (nSPS) is 22.4. The summed E-state index contributed by atoms with van der Waals surface area (Å²) in [5.74, 6) is -1.23. The molecule has 1 heterocycles. The van der Waals surface area contributed by atoms with E-state index in [0.29, 0.717) is 24.2 Å². The molecule has 104 valence electrons. The van der Waals surface area contributed by atoms with Crippen molar-refractivity contribution in [2.75, 3.05) is 6.54 Å². The highest BCUT2D eigenvalue weighted by Crippen LogP contribution is 2.31. The molecule has 6 nitrogen and oxygen atoms in total. The van der Waals surface area contributed by atoms with Crippen molar-refractivity contribution in [1.82, 2.24) is 15.5 Å². The summed E-state index contributed by atoms with van der Waals surface area (Å²) in [6.45, 7) is 3.98. The SMILES string of the molecule is Cc1n[nH]c(C)c1C(=O)NCC1CCCC1C(=O)O. The first-order valence-electron chi connectivity index (χ1n) is 6.53. The Morgan fingerprint density at radius 1 is 1.42 bits per heavy atom. The maximum Gasteiger partial charge on any atom is 0.306 e. The number of nitrogens with one attached hydrogen (secondary N) is 2. The van der Waals surface area contributed by atoms with Crippen molar-refractivity contribution in [3.05, 3.63) is 17.0 Å². The second-order valence-electron chi connectivity index (χ2n) is 5.15. The number of hydrogen-bond donors (Lipinski definition) is 3. The van der Waals surface area contributed by atoms with Gasteiger partial charge in [0.15, 0.2) is 0 Å². The molecular weight excluding hydrogens is 246 g/mol. The van der Waals surface area contributed by atoms with Crippen LogP contribution in [0.3, 0.4) is 0 Å². The van der Waals surface area contributed by atoms with Gasteiger partial charge in [0, 0.05) is 12.2 Å². The Morgan fingerprint density at radius 3 is 2.74 bits per heavy atom. The number of amides is 1. The maximum atomic E-state index is 12.1. The molecule has 1 aliphatic rings. The Kier molecular flexibility index (Phi) is 3.87. The van der Waals surface area contributed by atoms with E-state index in [9.17, 15) is 9.59 Å². The van der Waals surface area contributed by atoms with Gasteiger partial charge in [-0.15, -0.1) is 0 Å². The minimum absolute atomic E-state index is 0.0361. The molecule has 2 atom stereocenters. The first-order chi connectivity index (χ1) is 9.00. The lowest BCUT2D eigenvalue weighted by molar-refractivity contribution is -0.142. The Labute approximate surface area is 111 Å². The number of carboxylic acid groups (broad SMARTS) is 1. The van der Waals surface area contributed by atoms with Gasteiger partial charge in [-0.25, -0.2) is 0 Å². The number of carbonyl (C=O) groups is 2. The van der Waals surface area contributed by atoms with Gasteiger partial charge < -0.3 is 10.4 Å². The number of hydrogen-bond acceptors (Lipinski definition) is 3. The molecular formula is C13H19N3O3. The monoisotopic (exact) mass is 265 g/mol. The van der Waals surface area contributed by atoms with Crippen LogP contribution in [0.1, 0.15) is 41.0 Å². The van der Waals surface area contributed by atoms with Crippen LogP contribution >= 0.6 is 0 Å². The number of aliphatic carboxylic acids is 1. The van der Waals surface area contributed by atoms with Gasteiger partial charge in [0.25, 0.3) is 5.91 Å². The first kappa shape index (κ1) is 13.6. The number of nitrogens with zero attached hydrogens (tertiary/aromatic N) is 1. The summed E-state index contributed by atoms with van der Waals surface area (Å²) in [5, 5.41) is 18.7. The molecule has 0 radical (unpaired) electrons. The smallest absolute Gasteiger partial charge is 0.306 e. The van der Waals surface area contributed by atoms with E-state index >= 15 is 0 Å². The van der Waals surface area contributed by atoms with Crippen LogP contribution in [0.2, 0.25) is 0 Å². The molecule has 1 amide bonds. The number of aromatic nitrogens is 2. The highest BCUT2D eigenvalue weighted by Gasteiger charge is 2.33. The molecule has 0 spiro atoms. The van der Waals surface area contributed by atoms with E-state index in [1.165, 1.54) is 0 Å². The van der Waals surface area contributed by atoms with Crippen molar-refractivity contribution < 1.29 is 14.7 Å². The third-order valence-electron chi connectivity index (χ3n) is 3.86. The second kappa shape index (κ2) is 5.42. The van der Waals surface area contributed by atoms with E-state index in [2.05, 4.69) is 15.5 Å². The molecule has 2 unspecified atom stereocenters. The summed E-state index contributed by atoms with van der Waals surface area (Å²) in [4.78, 5) is 23.1. The Hall–Kier alpha value is -1.85. The summed E-state index contributed by atoms with van der Waals surface area (Å²) < 4.78 is 0. The number of H-pyrrole nitrogens is 1. The fraction of sp³-hybridized carbons (Fsp3) is 0.615. The summed E-state index contributed by atoms with van der Waals surface area (Å²) in [6, 6.07) is 0. The van der Waals surface area contributed by atoms with E-state index in [-0.39, 0.29) is 17.7 Å². The van der Waals surface area contributed by atoms with E-state index in [4.69, 9.17) is 5.11 Å². The van der Waals surface area contributed by atoms with Crippen molar-refractivity contribution in [2.24, 2.45) is 11.8 Å². The van der Waals surface area contributed by atoms with Crippen LogP contribution in [-0.2, 0) is 4.79 Å². The minimum Gasteiger partial charge on any atom is -0.481 e. The molecule has 0 bridgehead atoms. The summed E-state index contributed by atoms with van der Waals surface area (Å²) in [6.07, 6.45) is 2.49. The van der Waals surface area contributed by atoms with Gasteiger partial charge in [-0.2, -0.15) is 5.10 Å². The zero-order chi connectivity index (χ0) is 14.0. The topological polar surface area (TPSA) is 95.1 Å². The Bertz CT molecular complexity index is 476. The minimum atomic E-state index is -0.757. The molecule has 3 N–H and O–H groups in total. The summed E-state index contributed by atoms with van der Waals surface area (Å²) in [7, 11) is 0. The molecule has 6 heteroatoms. The third kappa shape index (κ3) is 2.77. The predicted octanol–water partition coefficient (Wildman–Crippen LogP) is 1.26. The number of aromatic amines is 1. The zero-order valence-electron chi connectivity index (χ0n) is 11.2. The predicted molar refractivity (Wildman–Crippen MR) is 68.9 cm³/mol. The third-order valence-corrected chi connectivity index (χ3v) is 3.86. The van der Waals surface area contributed by atoms with Crippen LogP contribution in [0.5, 0.6) is 0 Å². The van der Waals surface area contributed by atoms with E-state index < -0.39 is 5.97 Å². The zero-order valence-corrected chi connectivity index (χ0v) is 11.2. The van der Waals surface area contributed by atoms with Crippen molar-refractivity contribution in [3.63, 3.8) is 0 Å². The maximum absolute atomic E-state index is 12.1. The molecule has 1 fully saturated rings. The van der Waals surface area contributed by atoms with Gasteiger partial charge in [0.1, 0.15) is 0 Å². The van der Waals surface area contributed by atoms with E-state index in [1.54, 1.807) is 13.8 Å². The van der Waals surface area contributed by atoms with Crippen LogP contribution in [-0.4, -0.2) is 33.7 Å². The lowest BCUT2D eigenvalue weighted by Crippen LogP contribution is -2.33. The van der Waals surface area contributed by atoms with Gasteiger partial charge in [-0.05, 0) is 32.6 Å². The standard InChI is InChI=1S/C13H19N3O3/c1-7-11(8(2)16-15-7)12(17)14-6-9-4-3-5-10(9)13(18)19/h9-10H,3-6H2,1-2H3,(H,14,17)(H,15,16)(H,18,19). The lowest BCUT2D eigenvalue weighted by atomic mass is 9.96. The first-order valence-corrected chi connectivity index (χ1v) is 6.53. The van der Waals surface area contributed by atoms with Crippen molar-refractivity contribution in [3.8, 4) is 0 Å². The molecule has 19 heavy (non-hydrogen) atoms. The van der Waals surface area contributed by atoms with Gasteiger partial charge in [-0.3, -0.25) is 14.7 Å². The van der Waals surface area contributed by atoms with E-state index in [1.807, 2.05) is 0 Å². The number of rotatable bonds is 4. The van der Waals surface area contributed by atoms with Crippen LogP contribution in [0, 0.1) is 25.7 Å². The lowest BCUT2D eigenvalue weighted by Gasteiger charge is -2.16. The number of aryl methyl sites for hydroxylation is 2. The van der Waals surface area contributed by atoms with Crippen molar-refractivity contribution in [2.45, 2.75) is 33.1 Å². The van der Waals surface area contributed by atoms with Gasteiger partial charge in [0.05, 0.1) is 17.2 Å². The van der Waals surface area contributed by atoms with Crippen LogP contribution in [0.4, 0.5) is 0 Å². The van der Waals surface area contributed by atoms with Gasteiger partial charge >= 0.3 is 5.97 Å². The van der Waals surface area contributed by atoms with Crippen molar-refractivity contribution in [1.29, 1.82) is 0 Å². The summed E-state index contributed by atoms with van der Waals surface area (Å²) >= 11 is 0. The molecule has 1 saturated carbocycles. The second-order valence-corrected chi connectivity index (χ2v) is 5.15. The number of carboxylic acids is 1.